The van der Waals surface area contributed by atoms with Crippen LogP contribution in [0.3, 0.4) is 0 Å². The van der Waals surface area contributed by atoms with Crippen molar-refractivity contribution in [1.82, 2.24) is 9.88 Å². The lowest BCUT2D eigenvalue weighted by Gasteiger charge is -2.35. The Kier molecular flexibility index (Phi) is 5.86. The zero-order chi connectivity index (χ0) is 22.0. The summed E-state index contributed by atoms with van der Waals surface area (Å²) < 4.78 is 11.9. The molecule has 1 aliphatic rings. The van der Waals surface area contributed by atoms with Gasteiger partial charge in [-0.1, -0.05) is 18.2 Å². The topological polar surface area (TPSA) is 84.7 Å². The molecule has 0 spiro atoms. The predicted octanol–water partition coefficient (Wildman–Crippen LogP) is 4.22. The molecule has 4 rings (SSSR count). The van der Waals surface area contributed by atoms with Crippen molar-refractivity contribution in [1.29, 1.82) is 0 Å². The van der Waals surface area contributed by atoms with E-state index in [0.29, 0.717) is 36.0 Å². The second-order valence-corrected chi connectivity index (χ2v) is 7.79. The Morgan fingerprint density at radius 2 is 1.61 bits per heavy atom. The summed E-state index contributed by atoms with van der Waals surface area (Å²) in [7, 11) is 0. The minimum Gasteiger partial charge on any atom is -0.435 e. The number of hydrogen-bond acceptors (Lipinski definition) is 5. The Balaban J connectivity index is 1.73. The maximum atomic E-state index is 13.4. The molecule has 7 nitrogen and oxygen atoms in total. The summed E-state index contributed by atoms with van der Waals surface area (Å²) in [6.07, 6.45) is -0.0952. The number of aromatic nitrogens is 1. The Morgan fingerprint density at radius 3 is 2.23 bits per heavy atom. The third-order valence-electron chi connectivity index (χ3n) is 5.02. The van der Waals surface area contributed by atoms with Gasteiger partial charge in [0.2, 0.25) is 11.8 Å². The van der Waals surface area contributed by atoms with Crippen molar-refractivity contribution in [3.63, 3.8) is 0 Å². The van der Waals surface area contributed by atoms with E-state index < -0.39 is 0 Å². The zero-order valence-electron chi connectivity index (χ0n) is 17.8. The van der Waals surface area contributed by atoms with Crippen LogP contribution in [0.2, 0.25) is 0 Å². The first-order valence-electron chi connectivity index (χ1n) is 10.3. The second kappa shape index (κ2) is 8.73. The summed E-state index contributed by atoms with van der Waals surface area (Å²) in [4.78, 5) is 31.1. The summed E-state index contributed by atoms with van der Waals surface area (Å²) in [6, 6.07) is 16.7. The Labute approximate surface area is 181 Å². The number of nitrogens with one attached hydrogen (secondary N) is 1. The normalized spacial score (nSPS) is 18.6. The minimum absolute atomic E-state index is 0.0476. The zero-order valence-corrected chi connectivity index (χ0v) is 17.8. The number of hydrogen-bond donors (Lipinski definition) is 1. The molecule has 0 aliphatic carbocycles. The summed E-state index contributed by atoms with van der Waals surface area (Å²) in [5.41, 5.74) is 2.44. The Morgan fingerprint density at radius 1 is 0.968 bits per heavy atom. The van der Waals surface area contributed by atoms with Crippen LogP contribution < -0.4 is 5.32 Å². The van der Waals surface area contributed by atoms with E-state index in [1.54, 1.807) is 17.0 Å². The standard InChI is InChI=1S/C24H25N3O4/c1-15-13-27(14-16(2)30-15)24(29)21-22(18-9-11-20(12-10-18)25-17(3)28)31-23(26-21)19-7-5-4-6-8-19/h4-12,15-16H,13-14H2,1-3H3,(H,25,28). The van der Waals surface area contributed by atoms with E-state index in [1.165, 1.54) is 6.92 Å². The number of oxazole rings is 1. The quantitative estimate of drug-likeness (QED) is 0.685. The van der Waals surface area contributed by atoms with E-state index in [2.05, 4.69) is 10.3 Å². The number of rotatable bonds is 4. The number of ether oxygens (including phenoxy) is 1. The van der Waals surface area contributed by atoms with E-state index in [9.17, 15) is 9.59 Å². The van der Waals surface area contributed by atoms with Crippen LogP contribution in [0.15, 0.2) is 59.0 Å². The van der Waals surface area contributed by atoms with Gasteiger partial charge in [0.15, 0.2) is 11.5 Å². The van der Waals surface area contributed by atoms with Crippen molar-refractivity contribution in [3.05, 3.63) is 60.3 Å². The molecule has 1 fully saturated rings. The Hall–Kier alpha value is -3.45. The highest BCUT2D eigenvalue weighted by Crippen LogP contribution is 2.32. The first kappa shape index (κ1) is 20.8. The van der Waals surface area contributed by atoms with Crippen molar-refractivity contribution in [2.24, 2.45) is 0 Å². The molecule has 1 saturated heterocycles. The van der Waals surface area contributed by atoms with Crippen molar-refractivity contribution in [2.75, 3.05) is 18.4 Å². The van der Waals surface area contributed by atoms with Gasteiger partial charge in [-0.05, 0) is 50.2 Å². The van der Waals surface area contributed by atoms with E-state index >= 15 is 0 Å². The lowest BCUT2D eigenvalue weighted by molar-refractivity contribution is -0.114. The molecule has 3 aromatic rings. The second-order valence-electron chi connectivity index (χ2n) is 7.79. The lowest BCUT2D eigenvalue weighted by Crippen LogP contribution is -2.48. The maximum Gasteiger partial charge on any atom is 0.276 e. The highest BCUT2D eigenvalue weighted by Gasteiger charge is 2.31. The molecule has 1 aliphatic heterocycles. The molecular weight excluding hydrogens is 394 g/mol. The van der Waals surface area contributed by atoms with Gasteiger partial charge in [0.25, 0.3) is 5.91 Å². The molecule has 160 valence electrons. The number of carbonyl (C=O) groups is 2. The van der Waals surface area contributed by atoms with Crippen LogP contribution in [0.1, 0.15) is 31.3 Å². The van der Waals surface area contributed by atoms with Gasteiger partial charge in [-0.3, -0.25) is 9.59 Å². The fourth-order valence-corrected chi connectivity index (χ4v) is 3.77. The summed E-state index contributed by atoms with van der Waals surface area (Å²) in [5, 5.41) is 2.74. The molecule has 31 heavy (non-hydrogen) atoms. The van der Waals surface area contributed by atoms with Gasteiger partial charge in [0.05, 0.1) is 12.2 Å². The first-order chi connectivity index (χ1) is 14.9. The summed E-state index contributed by atoms with van der Waals surface area (Å²) in [6.45, 7) is 6.36. The maximum absolute atomic E-state index is 13.4. The molecule has 2 aromatic carbocycles. The van der Waals surface area contributed by atoms with Crippen LogP contribution in [0.25, 0.3) is 22.8 Å². The number of anilines is 1. The minimum atomic E-state index is -0.186. The average molecular weight is 419 g/mol. The highest BCUT2D eigenvalue weighted by atomic mass is 16.5. The van der Waals surface area contributed by atoms with E-state index in [0.717, 1.165) is 5.56 Å². The van der Waals surface area contributed by atoms with Gasteiger partial charge in [-0.15, -0.1) is 0 Å². The van der Waals surface area contributed by atoms with Crippen molar-refractivity contribution < 1.29 is 18.7 Å². The molecule has 2 amide bonds. The van der Waals surface area contributed by atoms with Gasteiger partial charge in [-0.2, -0.15) is 0 Å². The molecule has 2 atom stereocenters. The first-order valence-corrected chi connectivity index (χ1v) is 10.3. The van der Waals surface area contributed by atoms with Crippen LogP contribution in [0, 0.1) is 0 Å². The van der Waals surface area contributed by atoms with E-state index in [-0.39, 0.29) is 29.7 Å². The number of amides is 2. The molecule has 0 bridgehead atoms. The molecule has 7 heteroatoms. The van der Waals surface area contributed by atoms with Gasteiger partial charge in [-0.25, -0.2) is 4.98 Å². The molecule has 2 heterocycles. The van der Waals surface area contributed by atoms with Gasteiger partial charge >= 0.3 is 0 Å². The number of morpholine rings is 1. The van der Waals surface area contributed by atoms with Crippen molar-refractivity contribution >= 4 is 17.5 Å². The number of benzene rings is 2. The molecule has 0 saturated carbocycles. The van der Waals surface area contributed by atoms with Gasteiger partial charge < -0.3 is 19.4 Å². The summed E-state index contributed by atoms with van der Waals surface area (Å²) in [5.74, 6) is 0.461. The van der Waals surface area contributed by atoms with E-state index in [1.807, 2.05) is 56.3 Å². The molecule has 1 aromatic heterocycles. The van der Waals surface area contributed by atoms with E-state index in [4.69, 9.17) is 9.15 Å². The van der Waals surface area contributed by atoms with Crippen molar-refractivity contribution in [3.8, 4) is 22.8 Å². The molecular formula is C24H25N3O4. The number of carbonyl (C=O) groups excluding carboxylic acids is 2. The predicted molar refractivity (Wildman–Crippen MR) is 118 cm³/mol. The van der Waals surface area contributed by atoms with Crippen LogP contribution in [-0.4, -0.2) is 47.0 Å². The van der Waals surface area contributed by atoms with Crippen LogP contribution in [0.4, 0.5) is 5.69 Å². The largest absolute Gasteiger partial charge is 0.435 e. The average Bonchev–Trinajstić information content (AvgIpc) is 3.19. The highest BCUT2D eigenvalue weighted by molar-refractivity contribution is 5.98. The lowest BCUT2D eigenvalue weighted by atomic mass is 10.1. The van der Waals surface area contributed by atoms with Gasteiger partial charge in [0, 0.05) is 36.8 Å². The SMILES string of the molecule is CC(=O)Nc1ccc(-c2oc(-c3ccccc3)nc2C(=O)N2CC(C)OC(C)C2)cc1. The van der Waals surface area contributed by atoms with Crippen LogP contribution in [0.5, 0.6) is 0 Å². The number of nitrogens with zero attached hydrogens (tertiary/aromatic N) is 2. The van der Waals surface area contributed by atoms with Crippen molar-refractivity contribution in [2.45, 2.75) is 33.0 Å². The third kappa shape index (κ3) is 4.67. The fourth-order valence-electron chi connectivity index (χ4n) is 3.77. The third-order valence-corrected chi connectivity index (χ3v) is 5.02. The monoisotopic (exact) mass is 419 g/mol. The molecule has 2 unspecified atom stereocenters. The Bertz CT molecular complexity index is 1070. The smallest absolute Gasteiger partial charge is 0.276 e. The molecule has 0 radical (unpaired) electrons. The van der Waals surface area contributed by atoms with Crippen LogP contribution >= 0.6 is 0 Å². The summed E-state index contributed by atoms with van der Waals surface area (Å²) >= 11 is 0. The van der Waals surface area contributed by atoms with Gasteiger partial charge in [0.1, 0.15) is 0 Å². The molecule has 1 N–H and O–H groups in total. The fraction of sp³-hybridized carbons (Fsp3) is 0.292. The van der Waals surface area contributed by atoms with Crippen LogP contribution in [-0.2, 0) is 9.53 Å².